The SMILES string of the molecule is Cc1nc(C(=O)CCNC(=O)OC(C)(C)C)cs1. The summed E-state index contributed by atoms with van der Waals surface area (Å²) < 4.78 is 5.05. The molecule has 1 rings (SSSR count). The first-order valence-corrected chi connectivity index (χ1v) is 6.58. The van der Waals surface area contributed by atoms with E-state index in [-0.39, 0.29) is 18.7 Å². The van der Waals surface area contributed by atoms with Crippen LogP contribution in [0.5, 0.6) is 0 Å². The molecule has 0 saturated carbocycles. The van der Waals surface area contributed by atoms with Gasteiger partial charge in [0, 0.05) is 18.3 Å². The van der Waals surface area contributed by atoms with Gasteiger partial charge < -0.3 is 10.1 Å². The molecule has 0 aliphatic carbocycles. The maximum Gasteiger partial charge on any atom is 0.407 e. The van der Waals surface area contributed by atoms with Crippen molar-refractivity contribution >= 4 is 23.2 Å². The molecule has 0 fully saturated rings. The molecule has 1 N–H and O–H groups in total. The first-order chi connectivity index (χ1) is 8.28. The third kappa shape index (κ3) is 5.27. The molecule has 18 heavy (non-hydrogen) atoms. The predicted octanol–water partition coefficient (Wildman–Crippen LogP) is 2.55. The third-order valence-corrected chi connectivity index (χ3v) is 2.70. The number of nitrogens with zero attached hydrogens (tertiary/aromatic N) is 1. The summed E-state index contributed by atoms with van der Waals surface area (Å²) in [5.41, 5.74) is -0.0661. The summed E-state index contributed by atoms with van der Waals surface area (Å²) in [4.78, 5) is 27.1. The molecule has 1 amide bonds. The number of rotatable bonds is 4. The second kappa shape index (κ2) is 5.95. The average molecular weight is 270 g/mol. The van der Waals surface area contributed by atoms with Crippen LogP contribution < -0.4 is 5.32 Å². The number of Topliss-reactive ketones (excluding diaryl/α,β-unsaturated/α-hetero) is 1. The molecule has 0 radical (unpaired) electrons. The van der Waals surface area contributed by atoms with Crippen LogP contribution in [0.15, 0.2) is 5.38 Å². The zero-order chi connectivity index (χ0) is 13.8. The Hall–Kier alpha value is -1.43. The number of aryl methyl sites for hydroxylation is 1. The Kier molecular flexibility index (Phi) is 4.84. The van der Waals surface area contributed by atoms with Crippen molar-refractivity contribution in [3.63, 3.8) is 0 Å². The van der Waals surface area contributed by atoms with Crippen molar-refractivity contribution in [3.8, 4) is 0 Å². The van der Waals surface area contributed by atoms with Crippen LogP contribution in [0.4, 0.5) is 4.79 Å². The number of hydrogen-bond acceptors (Lipinski definition) is 5. The van der Waals surface area contributed by atoms with Gasteiger partial charge >= 0.3 is 6.09 Å². The van der Waals surface area contributed by atoms with Crippen LogP contribution >= 0.6 is 11.3 Å². The summed E-state index contributed by atoms with van der Waals surface area (Å²) in [6.07, 6.45) is -0.285. The first kappa shape index (κ1) is 14.6. The van der Waals surface area contributed by atoms with Gasteiger partial charge in [-0.25, -0.2) is 9.78 Å². The Labute approximate surface area is 111 Å². The Morgan fingerprint density at radius 1 is 1.44 bits per heavy atom. The van der Waals surface area contributed by atoms with E-state index in [0.29, 0.717) is 5.69 Å². The van der Waals surface area contributed by atoms with Crippen LogP contribution in [0.3, 0.4) is 0 Å². The molecule has 0 saturated heterocycles. The van der Waals surface area contributed by atoms with Crippen LogP contribution in [0, 0.1) is 6.92 Å². The molecule has 6 heteroatoms. The minimum absolute atomic E-state index is 0.0737. The lowest BCUT2D eigenvalue weighted by Gasteiger charge is -2.19. The molecular formula is C12H18N2O3S. The van der Waals surface area contributed by atoms with Crippen LogP contribution in [0.2, 0.25) is 0 Å². The van der Waals surface area contributed by atoms with E-state index >= 15 is 0 Å². The highest BCUT2D eigenvalue weighted by atomic mass is 32.1. The monoisotopic (exact) mass is 270 g/mol. The van der Waals surface area contributed by atoms with E-state index in [9.17, 15) is 9.59 Å². The minimum atomic E-state index is -0.528. The normalized spacial score (nSPS) is 11.1. The van der Waals surface area contributed by atoms with Crippen molar-refractivity contribution in [1.82, 2.24) is 10.3 Å². The predicted molar refractivity (Wildman–Crippen MR) is 70.0 cm³/mol. The number of amides is 1. The molecule has 5 nitrogen and oxygen atoms in total. The highest BCUT2D eigenvalue weighted by Gasteiger charge is 2.16. The summed E-state index contributed by atoms with van der Waals surface area (Å²) in [6.45, 7) is 7.46. The van der Waals surface area contributed by atoms with Gasteiger partial charge in [-0.2, -0.15) is 0 Å². The van der Waals surface area contributed by atoms with Gasteiger partial charge in [0.2, 0.25) is 0 Å². The molecule has 0 aromatic carbocycles. The maximum atomic E-state index is 11.7. The quantitative estimate of drug-likeness (QED) is 0.854. The van der Waals surface area contributed by atoms with Gasteiger partial charge in [0.1, 0.15) is 11.3 Å². The summed E-state index contributed by atoms with van der Waals surface area (Å²) >= 11 is 1.44. The third-order valence-electron chi connectivity index (χ3n) is 1.92. The van der Waals surface area contributed by atoms with E-state index in [1.807, 2.05) is 6.92 Å². The van der Waals surface area contributed by atoms with Gasteiger partial charge in [-0.15, -0.1) is 11.3 Å². The lowest BCUT2D eigenvalue weighted by molar-refractivity contribution is 0.0527. The second-order valence-corrected chi connectivity index (χ2v) is 5.92. The van der Waals surface area contributed by atoms with E-state index in [1.54, 1.807) is 26.2 Å². The lowest BCUT2D eigenvalue weighted by Crippen LogP contribution is -2.33. The molecule has 0 spiro atoms. The smallest absolute Gasteiger partial charge is 0.407 e. The zero-order valence-corrected chi connectivity index (χ0v) is 11.9. The molecule has 1 aromatic heterocycles. The fourth-order valence-corrected chi connectivity index (χ4v) is 1.83. The lowest BCUT2D eigenvalue weighted by atomic mass is 10.2. The largest absolute Gasteiger partial charge is 0.444 e. The average Bonchev–Trinajstić information content (AvgIpc) is 2.62. The Morgan fingerprint density at radius 2 is 2.11 bits per heavy atom. The fourth-order valence-electron chi connectivity index (χ4n) is 1.21. The molecule has 0 aliphatic heterocycles. The molecule has 0 aliphatic rings. The van der Waals surface area contributed by atoms with Crippen LogP contribution in [-0.4, -0.2) is 29.0 Å². The molecule has 0 bridgehead atoms. The van der Waals surface area contributed by atoms with Gasteiger partial charge in [0.25, 0.3) is 0 Å². The minimum Gasteiger partial charge on any atom is -0.444 e. The summed E-state index contributed by atoms with van der Waals surface area (Å²) in [6, 6.07) is 0. The Balaban J connectivity index is 2.30. The molecule has 0 unspecified atom stereocenters. The number of carbonyl (C=O) groups is 2. The number of ether oxygens (including phenoxy) is 1. The number of nitrogens with one attached hydrogen (secondary N) is 1. The maximum absolute atomic E-state index is 11.7. The first-order valence-electron chi connectivity index (χ1n) is 5.70. The summed E-state index contributed by atoms with van der Waals surface area (Å²) in [5.74, 6) is -0.0737. The van der Waals surface area contributed by atoms with Gasteiger partial charge in [-0.1, -0.05) is 0 Å². The fraction of sp³-hybridized carbons (Fsp3) is 0.583. The van der Waals surface area contributed by atoms with E-state index in [2.05, 4.69) is 10.3 Å². The van der Waals surface area contributed by atoms with Crippen molar-refractivity contribution in [2.75, 3.05) is 6.54 Å². The van der Waals surface area contributed by atoms with E-state index in [0.717, 1.165) is 5.01 Å². The number of hydrogen-bond donors (Lipinski definition) is 1. The Morgan fingerprint density at radius 3 is 2.61 bits per heavy atom. The highest BCUT2D eigenvalue weighted by molar-refractivity contribution is 7.09. The van der Waals surface area contributed by atoms with Gasteiger partial charge in [0.05, 0.1) is 5.01 Å². The molecule has 1 aromatic rings. The van der Waals surface area contributed by atoms with Crippen molar-refractivity contribution < 1.29 is 14.3 Å². The van der Waals surface area contributed by atoms with E-state index in [4.69, 9.17) is 4.74 Å². The van der Waals surface area contributed by atoms with E-state index < -0.39 is 11.7 Å². The Bertz CT molecular complexity index is 435. The van der Waals surface area contributed by atoms with Crippen LogP contribution in [0.1, 0.15) is 42.7 Å². The molecular weight excluding hydrogens is 252 g/mol. The van der Waals surface area contributed by atoms with Gasteiger partial charge in [-0.3, -0.25) is 4.79 Å². The number of aromatic nitrogens is 1. The number of carbonyl (C=O) groups excluding carboxylic acids is 2. The zero-order valence-electron chi connectivity index (χ0n) is 11.1. The van der Waals surface area contributed by atoms with Gasteiger partial charge in [0.15, 0.2) is 5.78 Å². The van der Waals surface area contributed by atoms with Crippen molar-refractivity contribution in [3.05, 3.63) is 16.1 Å². The van der Waals surface area contributed by atoms with E-state index in [1.165, 1.54) is 11.3 Å². The number of thiazole rings is 1. The second-order valence-electron chi connectivity index (χ2n) is 4.85. The summed E-state index contributed by atoms with van der Waals surface area (Å²) in [7, 11) is 0. The summed E-state index contributed by atoms with van der Waals surface area (Å²) in [5, 5.41) is 5.13. The van der Waals surface area contributed by atoms with Crippen LogP contribution in [-0.2, 0) is 4.74 Å². The molecule has 1 heterocycles. The van der Waals surface area contributed by atoms with Crippen molar-refractivity contribution in [2.24, 2.45) is 0 Å². The molecule has 0 atom stereocenters. The number of ketones is 1. The number of alkyl carbamates (subject to hydrolysis) is 1. The molecule has 100 valence electrons. The standard InChI is InChI=1S/C12H18N2O3S/c1-8-14-9(7-18-8)10(15)5-6-13-11(16)17-12(2,3)4/h7H,5-6H2,1-4H3,(H,13,16). The van der Waals surface area contributed by atoms with Gasteiger partial charge in [-0.05, 0) is 27.7 Å². The van der Waals surface area contributed by atoms with Crippen molar-refractivity contribution in [1.29, 1.82) is 0 Å². The van der Waals surface area contributed by atoms with Crippen LogP contribution in [0.25, 0.3) is 0 Å². The topological polar surface area (TPSA) is 68.3 Å². The van der Waals surface area contributed by atoms with Crippen molar-refractivity contribution in [2.45, 2.75) is 39.7 Å². The highest BCUT2D eigenvalue weighted by Crippen LogP contribution is 2.10.